The van der Waals surface area contributed by atoms with Crippen LogP contribution in [0, 0.1) is 35.3 Å². The summed E-state index contributed by atoms with van der Waals surface area (Å²) >= 11 is 6.31. The van der Waals surface area contributed by atoms with Crippen LogP contribution in [0.1, 0.15) is 35.4 Å². The lowest BCUT2D eigenvalue weighted by atomic mass is 9.49. The van der Waals surface area contributed by atoms with Gasteiger partial charge in [0.25, 0.3) is 11.8 Å². The summed E-state index contributed by atoms with van der Waals surface area (Å²) in [4.78, 5) is 59.3. The third-order valence-corrected chi connectivity index (χ3v) is 11.2. The number of amides is 4. The molecule has 2 N–H and O–H groups in total. The zero-order chi connectivity index (χ0) is 35.8. The van der Waals surface area contributed by atoms with Crippen molar-refractivity contribution >= 4 is 52.7 Å². The molecule has 1 saturated carbocycles. The first-order valence-electron chi connectivity index (χ1n) is 16.5. The molecule has 2 aliphatic heterocycles. The Morgan fingerprint density at radius 2 is 1.57 bits per heavy atom. The predicted octanol–water partition coefficient (Wildman–Crippen LogP) is 7.16. The van der Waals surface area contributed by atoms with Crippen LogP contribution in [0.3, 0.4) is 0 Å². The van der Waals surface area contributed by atoms with E-state index in [9.17, 15) is 23.9 Å². The Labute approximate surface area is 296 Å². The van der Waals surface area contributed by atoms with Gasteiger partial charge in [-0.3, -0.25) is 29.5 Å². The van der Waals surface area contributed by atoms with Crippen molar-refractivity contribution in [2.45, 2.75) is 24.2 Å². The Morgan fingerprint density at radius 3 is 2.24 bits per heavy atom. The van der Waals surface area contributed by atoms with Crippen molar-refractivity contribution in [3.8, 4) is 5.75 Å². The normalized spacial score (nSPS) is 26.8. The SMILES string of the molecule is C=Cc1ccc(N2C(=O)[C@H]3[C@H](CC=C4[C@H]3C[C@H]3C(=O)N(Nc5ccc(F)cc5)C(=O)[C@@]3(c3ccc(Cl)cc3)[C@H]4c3ccc(O)c(F)c3)C2=O)cc1. The molecular weight excluding hydrogens is 676 g/mol. The van der Waals surface area contributed by atoms with Crippen molar-refractivity contribution in [2.24, 2.45) is 23.7 Å². The second kappa shape index (κ2) is 12.0. The molecule has 2 aliphatic carbocycles. The molecule has 3 fully saturated rings. The molecule has 256 valence electrons. The van der Waals surface area contributed by atoms with Gasteiger partial charge in [-0.1, -0.05) is 66.2 Å². The van der Waals surface area contributed by atoms with Crippen LogP contribution in [-0.2, 0) is 24.6 Å². The first kappa shape index (κ1) is 32.6. The lowest BCUT2D eigenvalue weighted by molar-refractivity contribution is -0.138. The molecule has 0 aromatic heterocycles. The largest absolute Gasteiger partial charge is 0.505 e. The zero-order valence-electron chi connectivity index (χ0n) is 26.9. The molecule has 8 nitrogen and oxygen atoms in total. The van der Waals surface area contributed by atoms with Crippen LogP contribution in [0.2, 0.25) is 5.02 Å². The highest BCUT2D eigenvalue weighted by Crippen LogP contribution is 2.64. The number of aromatic hydroxyl groups is 1. The number of carbonyl (C=O) groups excluding carboxylic acids is 4. The van der Waals surface area contributed by atoms with E-state index in [0.717, 1.165) is 16.6 Å². The van der Waals surface area contributed by atoms with Crippen molar-refractivity contribution < 1.29 is 33.1 Å². The highest BCUT2D eigenvalue weighted by molar-refractivity contribution is 6.30. The van der Waals surface area contributed by atoms with E-state index in [4.69, 9.17) is 11.6 Å². The van der Waals surface area contributed by atoms with E-state index >= 15 is 9.18 Å². The molecule has 4 amide bonds. The van der Waals surface area contributed by atoms with Crippen molar-refractivity contribution in [3.63, 3.8) is 0 Å². The van der Waals surface area contributed by atoms with Gasteiger partial charge >= 0.3 is 0 Å². The van der Waals surface area contributed by atoms with E-state index in [0.29, 0.717) is 27.4 Å². The average Bonchev–Trinajstić information content (AvgIpc) is 3.51. The number of hydrogen-bond donors (Lipinski definition) is 2. The van der Waals surface area contributed by atoms with Gasteiger partial charge in [-0.05, 0) is 96.1 Å². The van der Waals surface area contributed by atoms with Crippen molar-refractivity contribution in [1.29, 1.82) is 0 Å². The standard InChI is InChI=1S/C40H30ClF2N3O5/c1-2-21-3-14-27(15-4-21)45-36(48)29-17-16-28-30(34(29)38(45)50)20-31-37(49)46(44-26-12-10-25(42)11-13-26)39(51)40(31,23-6-8-24(41)9-7-23)35(28)22-5-18-33(47)32(43)19-22/h2-16,18-19,29-31,34-35,44,47H,1,17,20H2/t29-,30+,31-,34-,35-,40+/m0/s1. The highest BCUT2D eigenvalue weighted by Gasteiger charge is 2.70. The van der Waals surface area contributed by atoms with Crippen LogP contribution in [0.5, 0.6) is 5.75 Å². The number of fused-ring (bicyclic) bond motifs is 4. The Kier molecular flexibility index (Phi) is 7.68. The van der Waals surface area contributed by atoms with Gasteiger partial charge in [0, 0.05) is 10.9 Å². The molecule has 0 unspecified atom stereocenters. The monoisotopic (exact) mass is 705 g/mol. The fraction of sp³-hybridized carbons (Fsp3) is 0.200. The van der Waals surface area contributed by atoms with E-state index in [1.165, 1.54) is 41.3 Å². The summed E-state index contributed by atoms with van der Waals surface area (Å²) in [6, 6.07) is 22.5. The van der Waals surface area contributed by atoms with Gasteiger partial charge < -0.3 is 5.11 Å². The Hall–Kier alpha value is -5.61. The minimum atomic E-state index is -1.67. The number of halogens is 3. The number of imide groups is 2. The summed E-state index contributed by atoms with van der Waals surface area (Å²) in [7, 11) is 0. The predicted molar refractivity (Wildman–Crippen MR) is 186 cm³/mol. The quantitative estimate of drug-likeness (QED) is 0.163. The maximum atomic E-state index is 15.3. The van der Waals surface area contributed by atoms with Gasteiger partial charge in [0.15, 0.2) is 11.6 Å². The molecule has 11 heteroatoms. The smallest absolute Gasteiger partial charge is 0.260 e. The van der Waals surface area contributed by atoms with Crippen molar-refractivity contribution in [1.82, 2.24) is 5.01 Å². The second-order valence-corrected chi connectivity index (χ2v) is 13.8. The number of phenols is 1. The Balaban J connectivity index is 1.31. The fourth-order valence-corrected chi connectivity index (χ4v) is 8.87. The van der Waals surface area contributed by atoms with Gasteiger partial charge in [-0.2, -0.15) is 5.01 Å². The van der Waals surface area contributed by atoms with Gasteiger partial charge in [0.2, 0.25) is 11.8 Å². The first-order chi connectivity index (χ1) is 24.5. The maximum Gasteiger partial charge on any atom is 0.260 e. The van der Waals surface area contributed by atoms with Crippen LogP contribution < -0.4 is 10.3 Å². The Morgan fingerprint density at radius 1 is 0.863 bits per heavy atom. The molecule has 0 radical (unpaired) electrons. The number of nitrogens with one attached hydrogen (secondary N) is 1. The number of benzene rings is 4. The minimum Gasteiger partial charge on any atom is -0.505 e. The number of hydrazine groups is 1. The van der Waals surface area contributed by atoms with E-state index in [-0.39, 0.29) is 24.4 Å². The zero-order valence-corrected chi connectivity index (χ0v) is 27.7. The maximum absolute atomic E-state index is 15.3. The molecule has 8 rings (SSSR count). The van der Waals surface area contributed by atoms with Crippen LogP contribution in [0.15, 0.2) is 109 Å². The van der Waals surface area contributed by atoms with Crippen molar-refractivity contribution in [3.05, 3.63) is 143 Å². The molecule has 2 heterocycles. The number of anilines is 2. The summed E-state index contributed by atoms with van der Waals surface area (Å²) in [6.45, 7) is 3.76. The van der Waals surface area contributed by atoms with Crippen LogP contribution in [0.25, 0.3) is 6.08 Å². The molecule has 4 aromatic rings. The third-order valence-electron chi connectivity index (χ3n) is 10.9. The topological polar surface area (TPSA) is 107 Å². The molecule has 2 saturated heterocycles. The van der Waals surface area contributed by atoms with E-state index in [1.54, 1.807) is 54.6 Å². The average molecular weight is 706 g/mol. The van der Waals surface area contributed by atoms with Gasteiger partial charge in [0.05, 0.1) is 34.5 Å². The number of carbonyl (C=O) groups is 4. The van der Waals surface area contributed by atoms with Gasteiger partial charge in [0.1, 0.15) is 5.82 Å². The number of hydrogen-bond acceptors (Lipinski definition) is 6. The first-order valence-corrected chi connectivity index (χ1v) is 16.9. The molecule has 0 spiro atoms. The van der Waals surface area contributed by atoms with Crippen LogP contribution >= 0.6 is 11.6 Å². The lowest BCUT2D eigenvalue weighted by Crippen LogP contribution is -2.53. The third kappa shape index (κ3) is 4.84. The minimum absolute atomic E-state index is 0.0289. The second-order valence-electron chi connectivity index (χ2n) is 13.4. The molecule has 4 aromatic carbocycles. The van der Waals surface area contributed by atoms with Crippen molar-refractivity contribution in [2.75, 3.05) is 10.3 Å². The Bertz CT molecular complexity index is 2170. The summed E-state index contributed by atoms with van der Waals surface area (Å²) in [5.74, 6) is -8.38. The molecule has 0 bridgehead atoms. The van der Waals surface area contributed by atoms with E-state index in [1.807, 2.05) is 6.08 Å². The number of rotatable bonds is 6. The molecule has 51 heavy (non-hydrogen) atoms. The number of nitrogens with zero attached hydrogens (tertiary/aromatic N) is 2. The number of allylic oxidation sites excluding steroid dienone is 2. The van der Waals surface area contributed by atoms with Gasteiger partial charge in [-0.25, -0.2) is 8.78 Å². The van der Waals surface area contributed by atoms with Gasteiger partial charge in [-0.15, -0.1) is 0 Å². The fourth-order valence-electron chi connectivity index (χ4n) is 8.75. The van der Waals surface area contributed by atoms with E-state index in [2.05, 4.69) is 12.0 Å². The van der Waals surface area contributed by atoms with Crippen LogP contribution in [-0.4, -0.2) is 33.7 Å². The van der Waals surface area contributed by atoms with Crippen LogP contribution in [0.4, 0.5) is 20.2 Å². The summed E-state index contributed by atoms with van der Waals surface area (Å²) in [6.07, 6.45) is 3.72. The molecule has 4 aliphatic rings. The summed E-state index contributed by atoms with van der Waals surface area (Å²) < 4.78 is 29.1. The van der Waals surface area contributed by atoms with E-state index < -0.39 is 70.1 Å². The summed E-state index contributed by atoms with van der Waals surface area (Å²) in [5.41, 5.74) is 4.09. The summed E-state index contributed by atoms with van der Waals surface area (Å²) in [5, 5.41) is 11.5. The lowest BCUT2D eigenvalue weighted by Gasteiger charge is -2.50. The highest BCUT2D eigenvalue weighted by atomic mass is 35.5. The number of phenolic OH excluding ortho intramolecular Hbond substituents is 1. The molecule has 6 atom stereocenters. The molecular formula is C40H30ClF2N3O5.